The lowest BCUT2D eigenvalue weighted by Crippen LogP contribution is -2.50. The van der Waals surface area contributed by atoms with Crippen molar-refractivity contribution in [1.29, 1.82) is 0 Å². The molecule has 1 N–H and O–H groups in total. The minimum Gasteiger partial charge on any atom is -0.493 e. The number of carbonyl (C=O) groups excluding carboxylic acids is 2. The average Bonchev–Trinajstić information content (AvgIpc) is 3.14. The molecule has 5 rings (SSSR count). The summed E-state index contributed by atoms with van der Waals surface area (Å²) in [6.45, 7) is 13.6. The molecule has 294 valence electrons. The highest BCUT2D eigenvalue weighted by Gasteiger charge is 2.36. The summed E-state index contributed by atoms with van der Waals surface area (Å²) in [5.74, 6) is -1.15. The molecule has 12 heteroatoms. The quantitative estimate of drug-likeness (QED) is 0.155. The highest BCUT2D eigenvalue weighted by atomic mass is 35.5. The van der Waals surface area contributed by atoms with Gasteiger partial charge in [-0.15, -0.1) is 0 Å². The van der Waals surface area contributed by atoms with E-state index < -0.39 is 17.2 Å². The number of nitrogens with one attached hydrogen (secondary N) is 1. The predicted molar refractivity (Wildman–Crippen MR) is 215 cm³/mol. The lowest BCUT2D eigenvalue weighted by Gasteiger charge is -2.38. The first kappa shape index (κ1) is 41.9. The second-order valence-corrected chi connectivity index (χ2v) is 16.6. The van der Waals surface area contributed by atoms with Crippen LogP contribution >= 0.6 is 23.2 Å². The molecule has 2 heterocycles. The Morgan fingerprint density at radius 1 is 1.05 bits per heavy atom. The van der Waals surface area contributed by atoms with Crippen LogP contribution in [0.25, 0.3) is 0 Å². The van der Waals surface area contributed by atoms with E-state index in [0.29, 0.717) is 66.2 Å². The van der Waals surface area contributed by atoms with Gasteiger partial charge in [-0.25, -0.2) is 13.6 Å². The summed E-state index contributed by atoms with van der Waals surface area (Å²) in [6.07, 6.45) is 9.77. The Balaban J connectivity index is 1.46. The number of likely N-dealkylation sites (tertiary alicyclic amines) is 1. The standard InChI is InChI=1S/C43H51Cl2F2N5O3/c1-7-55-36-24-37(42(2,3)4)48-26-34(36)40(50-43(5,6)31-13-17-33(45)18-14-31)52(27-29-11-15-32(44)16-12-29)41(54)51-21-19-28(20-22-51)23-38(53)49-25-30-9-8-10-35(46)39(30)47/h8-13,15-18,24,26,28,31H,7,14,19-23,25,27H2,1-6H3,(H,49,53). The van der Waals surface area contributed by atoms with Crippen LogP contribution in [0.4, 0.5) is 13.6 Å². The molecule has 1 aromatic heterocycles. The number of allylic oxidation sites excluding steroid dienone is 3. The molecule has 2 aliphatic rings. The maximum atomic E-state index is 14.9. The third-order valence-electron chi connectivity index (χ3n) is 10.1. The summed E-state index contributed by atoms with van der Waals surface area (Å²) in [6, 6.07) is 13.0. The van der Waals surface area contributed by atoms with Crippen molar-refractivity contribution in [2.24, 2.45) is 16.8 Å². The van der Waals surface area contributed by atoms with Gasteiger partial charge in [0.2, 0.25) is 5.91 Å². The van der Waals surface area contributed by atoms with E-state index in [4.69, 9.17) is 37.9 Å². The van der Waals surface area contributed by atoms with Crippen molar-refractivity contribution in [3.05, 3.63) is 117 Å². The number of piperidine rings is 1. The Morgan fingerprint density at radius 3 is 2.40 bits per heavy atom. The van der Waals surface area contributed by atoms with Crippen LogP contribution in [0, 0.1) is 23.5 Å². The number of amides is 3. The van der Waals surface area contributed by atoms with Gasteiger partial charge in [0.25, 0.3) is 0 Å². The molecular formula is C43H51Cl2F2N5O3. The molecule has 1 unspecified atom stereocenters. The van der Waals surface area contributed by atoms with Crippen molar-refractivity contribution >= 4 is 41.0 Å². The van der Waals surface area contributed by atoms with Crippen molar-refractivity contribution in [3.63, 3.8) is 0 Å². The first-order chi connectivity index (χ1) is 26.0. The number of benzene rings is 2. The summed E-state index contributed by atoms with van der Waals surface area (Å²) >= 11 is 12.6. The fourth-order valence-corrected chi connectivity index (χ4v) is 7.04. The Hall–Kier alpha value is -4.28. The number of hydrogen-bond acceptors (Lipinski definition) is 5. The zero-order valence-corrected chi connectivity index (χ0v) is 34.0. The van der Waals surface area contributed by atoms with Crippen LogP contribution in [-0.4, -0.2) is 57.8 Å². The number of rotatable bonds is 11. The van der Waals surface area contributed by atoms with Crippen LogP contribution < -0.4 is 10.1 Å². The molecule has 1 saturated heterocycles. The van der Waals surface area contributed by atoms with Crippen molar-refractivity contribution in [1.82, 2.24) is 20.1 Å². The van der Waals surface area contributed by atoms with E-state index in [-0.39, 0.29) is 54.3 Å². The minimum absolute atomic E-state index is 0.00543. The number of carbonyl (C=O) groups is 2. The Kier molecular flexibility index (Phi) is 13.8. The molecule has 8 nitrogen and oxygen atoms in total. The molecule has 0 bridgehead atoms. The van der Waals surface area contributed by atoms with Crippen molar-refractivity contribution in [2.75, 3.05) is 19.7 Å². The molecule has 0 radical (unpaired) electrons. The summed E-state index contributed by atoms with van der Waals surface area (Å²) in [5, 5.41) is 3.98. The van der Waals surface area contributed by atoms with Crippen LogP contribution in [0.5, 0.6) is 5.75 Å². The van der Waals surface area contributed by atoms with Gasteiger partial charge < -0.3 is 15.0 Å². The first-order valence-corrected chi connectivity index (χ1v) is 19.6. The van der Waals surface area contributed by atoms with E-state index in [1.165, 1.54) is 12.1 Å². The fourth-order valence-electron chi connectivity index (χ4n) is 6.75. The third-order valence-corrected chi connectivity index (χ3v) is 10.7. The van der Waals surface area contributed by atoms with Crippen molar-refractivity contribution in [2.45, 2.75) is 91.3 Å². The van der Waals surface area contributed by atoms with E-state index >= 15 is 0 Å². The highest BCUT2D eigenvalue weighted by Crippen LogP contribution is 2.35. The SMILES string of the molecule is CCOc1cc(C(C)(C)C)ncc1C(=NC(C)(C)C1C=CC(Cl)=CC1)N(Cc1ccc(Cl)cc1)C(=O)N1CCC(CC(=O)NCc2cccc(F)c2F)CC1. The van der Waals surface area contributed by atoms with Crippen LogP contribution in [0.15, 0.2) is 83.0 Å². The number of aromatic nitrogens is 1. The molecule has 1 fully saturated rings. The van der Waals surface area contributed by atoms with E-state index in [0.717, 1.165) is 17.3 Å². The van der Waals surface area contributed by atoms with Crippen LogP contribution in [-0.2, 0) is 23.3 Å². The molecule has 0 spiro atoms. The number of halogens is 4. The largest absolute Gasteiger partial charge is 0.493 e. The number of ether oxygens (including phenoxy) is 1. The average molecular weight is 795 g/mol. The van der Waals surface area contributed by atoms with Gasteiger partial charge in [-0.1, -0.05) is 80.4 Å². The summed E-state index contributed by atoms with van der Waals surface area (Å²) in [4.78, 5) is 41.6. The summed E-state index contributed by atoms with van der Waals surface area (Å²) < 4.78 is 34.1. The van der Waals surface area contributed by atoms with Gasteiger partial charge in [-0.3, -0.25) is 19.7 Å². The van der Waals surface area contributed by atoms with Crippen molar-refractivity contribution < 1.29 is 23.1 Å². The van der Waals surface area contributed by atoms with Gasteiger partial charge in [-0.2, -0.15) is 0 Å². The summed E-state index contributed by atoms with van der Waals surface area (Å²) in [5.41, 5.74) is 1.45. The van der Waals surface area contributed by atoms with Gasteiger partial charge in [0.1, 0.15) is 11.6 Å². The molecule has 1 aliphatic carbocycles. The van der Waals surface area contributed by atoms with Gasteiger partial charge in [0.15, 0.2) is 11.6 Å². The minimum atomic E-state index is -0.963. The van der Waals surface area contributed by atoms with E-state index in [2.05, 4.69) is 46.0 Å². The van der Waals surface area contributed by atoms with E-state index in [1.807, 2.05) is 37.3 Å². The molecule has 1 aliphatic heterocycles. The highest BCUT2D eigenvalue weighted by molar-refractivity contribution is 6.31. The summed E-state index contributed by atoms with van der Waals surface area (Å²) in [7, 11) is 0. The monoisotopic (exact) mass is 793 g/mol. The van der Waals surface area contributed by atoms with Crippen LogP contribution in [0.3, 0.4) is 0 Å². The normalized spacial score (nSPS) is 16.8. The molecular weight excluding hydrogens is 743 g/mol. The Bertz CT molecular complexity index is 1930. The topological polar surface area (TPSA) is 87.1 Å². The second-order valence-electron chi connectivity index (χ2n) is 15.7. The van der Waals surface area contributed by atoms with Gasteiger partial charge in [0, 0.05) is 71.0 Å². The predicted octanol–water partition coefficient (Wildman–Crippen LogP) is 9.97. The van der Waals surface area contributed by atoms with Gasteiger partial charge in [-0.05, 0) is 75.8 Å². The molecule has 55 heavy (non-hydrogen) atoms. The third kappa shape index (κ3) is 10.9. The first-order valence-electron chi connectivity index (χ1n) is 18.8. The molecule has 1 atom stereocenters. The number of amidine groups is 1. The van der Waals surface area contributed by atoms with E-state index in [9.17, 15) is 18.4 Å². The van der Waals surface area contributed by atoms with Gasteiger partial charge in [0.05, 0.1) is 24.3 Å². The van der Waals surface area contributed by atoms with Crippen LogP contribution in [0.1, 0.15) is 89.6 Å². The van der Waals surface area contributed by atoms with Gasteiger partial charge >= 0.3 is 6.03 Å². The zero-order valence-electron chi connectivity index (χ0n) is 32.5. The Labute approximate surface area is 333 Å². The van der Waals surface area contributed by atoms with E-state index in [1.54, 1.807) is 28.1 Å². The zero-order chi connectivity index (χ0) is 39.9. The fraction of sp³-hybridized carbons (Fsp3) is 0.442. The van der Waals surface area contributed by atoms with Crippen LogP contribution in [0.2, 0.25) is 5.02 Å². The smallest absolute Gasteiger partial charge is 0.325 e. The molecule has 2 aromatic carbocycles. The lowest BCUT2D eigenvalue weighted by molar-refractivity contribution is -0.122. The number of aliphatic imine (C=N–C) groups is 1. The molecule has 0 saturated carbocycles. The number of pyridine rings is 1. The second kappa shape index (κ2) is 18.1. The maximum absolute atomic E-state index is 14.9. The number of nitrogens with zero attached hydrogens (tertiary/aromatic N) is 4. The molecule has 3 amide bonds. The molecule has 3 aromatic rings. The lowest BCUT2D eigenvalue weighted by atomic mass is 9.83. The number of urea groups is 1. The number of hydrogen-bond donors (Lipinski definition) is 1. The Morgan fingerprint density at radius 2 is 1.76 bits per heavy atom. The maximum Gasteiger partial charge on any atom is 0.325 e. The van der Waals surface area contributed by atoms with Crippen molar-refractivity contribution in [3.8, 4) is 5.75 Å².